The average molecular weight is 250 g/mol. The Hall–Kier alpha value is -0.560. The molecule has 0 saturated carbocycles. The molecule has 0 aromatic carbocycles. The molecular weight excluding hydrogens is 224 g/mol. The van der Waals surface area contributed by atoms with Gasteiger partial charge in [0.1, 0.15) is 0 Å². The van der Waals surface area contributed by atoms with Gasteiger partial charge in [0, 0.05) is 9.75 Å². The van der Waals surface area contributed by atoms with E-state index < -0.39 is 0 Å². The number of hydrogen-bond donors (Lipinski definition) is 0. The Morgan fingerprint density at radius 1 is 1.06 bits per heavy atom. The van der Waals surface area contributed by atoms with Crippen molar-refractivity contribution in [2.24, 2.45) is 5.41 Å². The molecule has 0 N–H and O–H groups in total. The predicted molar refractivity (Wildman–Crippen MR) is 80.7 cm³/mol. The molecule has 17 heavy (non-hydrogen) atoms. The summed E-state index contributed by atoms with van der Waals surface area (Å²) < 4.78 is 0. The van der Waals surface area contributed by atoms with E-state index >= 15 is 0 Å². The molecule has 0 spiro atoms. The highest BCUT2D eigenvalue weighted by molar-refractivity contribution is 7.13. The molecule has 0 saturated heterocycles. The first-order valence-corrected chi connectivity index (χ1v) is 7.42. The van der Waals surface area contributed by atoms with Crippen LogP contribution in [0, 0.1) is 5.41 Å². The van der Waals surface area contributed by atoms with Crippen LogP contribution in [0.25, 0.3) is 6.08 Å². The predicted octanol–water partition coefficient (Wildman–Crippen LogP) is 5.89. The lowest BCUT2D eigenvalue weighted by molar-refractivity contribution is 0.464. The number of thiophene rings is 1. The highest BCUT2D eigenvalue weighted by Crippen LogP contribution is 2.33. The van der Waals surface area contributed by atoms with Gasteiger partial charge in [-0.15, -0.1) is 11.3 Å². The molecule has 0 aliphatic heterocycles. The van der Waals surface area contributed by atoms with E-state index in [2.05, 4.69) is 65.8 Å². The lowest BCUT2D eigenvalue weighted by Gasteiger charge is -2.20. The summed E-state index contributed by atoms with van der Waals surface area (Å²) >= 11 is 1.93. The third-order valence-corrected chi connectivity index (χ3v) is 5.20. The fourth-order valence-electron chi connectivity index (χ4n) is 1.41. The largest absolute Gasteiger partial charge is 0.140 e. The van der Waals surface area contributed by atoms with Gasteiger partial charge in [-0.25, -0.2) is 0 Å². The van der Waals surface area contributed by atoms with Gasteiger partial charge < -0.3 is 0 Å². The Labute approximate surface area is 111 Å². The molecule has 1 rings (SSSR count). The highest BCUT2D eigenvalue weighted by Gasteiger charge is 2.19. The zero-order valence-electron chi connectivity index (χ0n) is 12.1. The molecule has 1 heterocycles. The Morgan fingerprint density at radius 2 is 1.71 bits per heavy atom. The molecule has 0 atom stereocenters. The van der Waals surface area contributed by atoms with Crippen LogP contribution in [0.4, 0.5) is 0 Å². The summed E-state index contributed by atoms with van der Waals surface area (Å²) in [5, 5.41) is 0. The maximum Gasteiger partial charge on any atom is 0.0270 e. The zero-order valence-corrected chi connectivity index (χ0v) is 12.9. The van der Waals surface area contributed by atoms with Crippen molar-refractivity contribution in [2.45, 2.75) is 59.8 Å². The fraction of sp³-hybridized carbons (Fsp3) is 0.625. The molecule has 0 amide bonds. The Bertz CT molecular complexity index is 380. The van der Waals surface area contributed by atoms with Crippen LogP contribution in [0.3, 0.4) is 0 Å². The van der Waals surface area contributed by atoms with Gasteiger partial charge in [0.25, 0.3) is 0 Å². The van der Waals surface area contributed by atoms with Gasteiger partial charge in [-0.3, -0.25) is 0 Å². The molecule has 0 nitrogen and oxygen atoms in total. The van der Waals surface area contributed by atoms with Crippen molar-refractivity contribution in [2.75, 3.05) is 0 Å². The summed E-state index contributed by atoms with van der Waals surface area (Å²) in [5.41, 5.74) is 0.626. The Balaban J connectivity index is 2.83. The van der Waals surface area contributed by atoms with E-state index in [0.29, 0.717) is 10.8 Å². The molecule has 0 radical (unpaired) electrons. The second-order valence-electron chi connectivity index (χ2n) is 6.11. The molecule has 0 aliphatic carbocycles. The van der Waals surface area contributed by atoms with Gasteiger partial charge in [0.2, 0.25) is 0 Å². The van der Waals surface area contributed by atoms with E-state index in [1.165, 1.54) is 22.6 Å². The van der Waals surface area contributed by atoms with Crippen molar-refractivity contribution in [3.8, 4) is 0 Å². The van der Waals surface area contributed by atoms with Crippen LogP contribution in [0.1, 0.15) is 64.1 Å². The molecule has 0 bridgehead atoms. The van der Waals surface area contributed by atoms with Crippen LogP contribution >= 0.6 is 11.3 Å². The first-order valence-electron chi connectivity index (χ1n) is 6.60. The minimum absolute atomic E-state index is 0.310. The molecule has 1 heteroatoms. The number of hydrogen-bond acceptors (Lipinski definition) is 1. The van der Waals surface area contributed by atoms with Gasteiger partial charge in [0.15, 0.2) is 0 Å². The molecule has 0 fully saturated rings. The van der Waals surface area contributed by atoms with Crippen molar-refractivity contribution < 1.29 is 0 Å². The Morgan fingerprint density at radius 3 is 2.24 bits per heavy atom. The van der Waals surface area contributed by atoms with Gasteiger partial charge in [-0.05, 0) is 41.9 Å². The first-order chi connectivity index (χ1) is 7.80. The van der Waals surface area contributed by atoms with E-state index in [0.717, 1.165) is 0 Å². The third kappa shape index (κ3) is 3.99. The minimum Gasteiger partial charge on any atom is -0.140 e. The molecule has 0 unspecified atom stereocenters. The van der Waals surface area contributed by atoms with E-state index in [4.69, 9.17) is 0 Å². The van der Waals surface area contributed by atoms with Crippen molar-refractivity contribution in [1.29, 1.82) is 0 Å². The molecule has 1 aromatic heterocycles. The fourth-order valence-corrected chi connectivity index (χ4v) is 2.49. The maximum absolute atomic E-state index is 2.33. The standard InChI is InChI=1S/C16H26S/c1-7-15(3,4)12-11-13-9-10-14(17-13)16(5,6)8-2/h9-12H,7-8H2,1-6H3. The summed E-state index contributed by atoms with van der Waals surface area (Å²) in [6, 6.07) is 4.53. The lowest BCUT2D eigenvalue weighted by Crippen LogP contribution is -2.12. The third-order valence-electron chi connectivity index (χ3n) is 3.79. The normalized spacial score (nSPS) is 13.5. The van der Waals surface area contributed by atoms with E-state index in [-0.39, 0.29) is 0 Å². The SMILES string of the molecule is CCC(C)(C)C=Cc1ccc(C(C)(C)CC)s1. The van der Waals surface area contributed by atoms with Crippen molar-refractivity contribution in [3.05, 3.63) is 28.0 Å². The summed E-state index contributed by atoms with van der Waals surface area (Å²) in [7, 11) is 0. The maximum atomic E-state index is 2.33. The molecular formula is C16H26S. The first kappa shape index (κ1) is 14.5. The van der Waals surface area contributed by atoms with Crippen LogP contribution in [-0.4, -0.2) is 0 Å². The summed E-state index contributed by atoms with van der Waals surface area (Å²) in [6.45, 7) is 13.7. The van der Waals surface area contributed by atoms with Gasteiger partial charge >= 0.3 is 0 Å². The van der Waals surface area contributed by atoms with Gasteiger partial charge in [0.05, 0.1) is 0 Å². The molecule has 96 valence electrons. The Kier molecular flexibility index (Phi) is 4.60. The van der Waals surface area contributed by atoms with E-state index in [9.17, 15) is 0 Å². The van der Waals surface area contributed by atoms with Crippen molar-refractivity contribution in [1.82, 2.24) is 0 Å². The summed E-state index contributed by atoms with van der Waals surface area (Å²) in [5.74, 6) is 0. The lowest BCUT2D eigenvalue weighted by atomic mass is 9.88. The van der Waals surface area contributed by atoms with Gasteiger partial charge in [-0.1, -0.05) is 47.6 Å². The highest BCUT2D eigenvalue weighted by atomic mass is 32.1. The van der Waals surface area contributed by atoms with Gasteiger partial charge in [-0.2, -0.15) is 0 Å². The van der Waals surface area contributed by atoms with E-state index in [1.54, 1.807) is 0 Å². The van der Waals surface area contributed by atoms with Crippen LogP contribution in [0.15, 0.2) is 18.2 Å². The van der Waals surface area contributed by atoms with Crippen LogP contribution in [0.5, 0.6) is 0 Å². The van der Waals surface area contributed by atoms with Crippen LogP contribution in [-0.2, 0) is 5.41 Å². The van der Waals surface area contributed by atoms with Crippen molar-refractivity contribution in [3.63, 3.8) is 0 Å². The number of allylic oxidation sites excluding steroid dienone is 1. The average Bonchev–Trinajstić information content (AvgIpc) is 2.76. The summed E-state index contributed by atoms with van der Waals surface area (Å²) in [6.07, 6.45) is 6.99. The molecule has 1 aromatic rings. The second-order valence-corrected chi connectivity index (χ2v) is 7.23. The number of rotatable bonds is 5. The zero-order chi connectivity index (χ0) is 13.1. The van der Waals surface area contributed by atoms with E-state index in [1.807, 2.05) is 11.3 Å². The monoisotopic (exact) mass is 250 g/mol. The smallest absolute Gasteiger partial charge is 0.0270 e. The summed E-state index contributed by atoms with van der Waals surface area (Å²) in [4.78, 5) is 2.87. The second kappa shape index (κ2) is 5.39. The minimum atomic E-state index is 0.310. The topological polar surface area (TPSA) is 0 Å². The van der Waals surface area contributed by atoms with Crippen LogP contribution < -0.4 is 0 Å². The molecule has 0 aliphatic rings. The quantitative estimate of drug-likeness (QED) is 0.611. The van der Waals surface area contributed by atoms with Crippen LogP contribution in [0.2, 0.25) is 0 Å². The van der Waals surface area contributed by atoms with Crippen molar-refractivity contribution >= 4 is 17.4 Å².